The lowest BCUT2D eigenvalue weighted by atomic mass is 10.1. The van der Waals surface area contributed by atoms with Crippen LogP contribution in [0.25, 0.3) is 0 Å². The van der Waals surface area contributed by atoms with Gasteiger partial charge in [-0.05, 0) is 45.4 Å². The molecule has 0 saturated carbocycles. The number of amides is 1. The first kappa shape index (κ1) is 18.8. The number of nitrogens with one attached hydrogen (secondary N) is 1. The maximum absolute atomic E-state index is 12.2. The molecule has 0 bridgehead atoms. The van der Waals surface area contributed by atoms with Gasteiger partial charge in [0.25, 0.3) is 0 Å². The van der Waals surface area contributed by atoms with Crippen LogP contribution < -0.4 is 10.1 Å². The molecule has 1 aliphatic heterocycles. The molecular formula is C17H27ClN2O2. The molecule has 1 aliphatic rings. The second kappa shape index (κ2) is 9.01. The van der Waals surface area contributed by atoms with Crippen molar-refractivity contribution in [2.24, 2.45) is 0 Å². The molecule has 1 unspecified atom stereocenters. The van der Waals surface area contributed by atoms with Crippen LogP contribution in [0.2, 0.25) is 0 Å². The molecule has 5 heteroatoms. The summed E-state index contributed by atoms with van der Waals surface area (Å²) < 4.78 is 5.74. The van der Waals surface area contributed by atoms with E-state index >= 15 is 0 Å². The van der Waals surface area contributed by atoms with Crippen LogP contribution in [0.5, 0.6) is 5.75 Å². The number of hydrogen-bond acceptors (Lipinski definition) is 3. The average molecular weight is 327 g/mol. The van der Waals surface area contributed by atoms with Gasteiger partial charge in [0.1, 0.15) is 5.75 Å². The van der Waals surface area contributed by atoms with Crippen LogP contribution in [-0.4, -0.2) is 43.6 Å². The topological polar surface area (TPSA) is 41.6 Å². The standard InChI is InChI=1S/C17H26N2O2.ClH/c1-13-6-7-16(14(2)11-13)21-10-8-17(20)19-9-4-5-15(12-19)18-3;/h6-7,11,15,18H,4-5,8-10,12H2,1-3H3;1H. The van der Waals surface area contributed by atoms with Crippen molar-refractivity contribution >= 4 is 18.3 Å². The molecule has 1 N–H and O–H groups in total. The Bertz CT molecular complexity index is 494. The van der Waals surface area contributed by atoms with Crippen molar-refractivity contribution in [3.05, 3.63) is 29.3 Å². The number of halogens is 1. The highest BCUT2D eigenvalue weighted by Crippen LogP contribution is 2.19. The van der Waals surface area contributed by atoms with Gasteiger partial charge in [0.2, 0.25) is 5.91 Å². The number of hydrogen-bond donors (Lipinski definition) is 1. The van der Waals surface area contributed by atoms with Crippen molar-refractivity contribution in [2.45, 2.75) is 39.2 Å². The molecule has 4 nitrogen and oxygen atoms in total. The Balaban J connectivity index is 0.00000242. The Kier molecular flexibility index (Phi) is 7.69. The van der Waals surface area contributed by atoms with Crippen LogP contribution in [0.3, 0.4) is 0 Å². The summed E-state index contributed by atoms with van der Waals surface area (Å²) in [6, 6.07) is 6.54. The number of piperidine rings is 1. The second-order valence-corrected chi connectivity index (χ2v) is 5.83. The molecule has 2 rings (SSSR count). The van der Waals surface area contributed by atoms with Crippen LogP contribution >= 0.6 is 12.4 Å². The summed E-state index contributed by atoms with van der Waals surface area (Å²) in [4.78, 5) is 14.2. The first-order valence-electron chi connectivity index (χ1n) is 7.75. The fourth-order valence-corrected chi connectivity index (χ4v) is 2.81. The number of rotatable bonds is 5. The van der Waals surface area contributed by atoms with Gasteiger partial charge in [0, 0.05) is 19.1 Å². The third-order valence-corrected chi connectivity index (χ3v) is 4.09. The number of nitrogens with zero attached hydrogens (tertiary/aromatic N) is 1. The lowest BCUT2D eigenvalue weighted by Crippen LogP contribution is -2.47. The molecule has 0 spiro atoms. The number of likely N-dealkylation sites (tertiary alicyclic amines) is 1. The maximum Gasteiger partial charge on any atom is 0.226 e. The zero-order valence-electron chi connectivity index (χ0n) is 13.7. The van der Waals surface area contributed by atoms with Gasteiger partial charge in [0.05, 0.1) is 13.0 Å². The summed E-state index contributed by atoms with van der Waals surface area (Å²) in [7, 11) is 1.96. The monoisotopic (exact) mass is 326 g/mol. The van der Waals surface area contributed by atoms with E-state index in [2.05, 4.69) is 18.3 Å². The fraction of sp³-hybridized carbons (Fsp3) is 0.588. The van der Waals surface area contributed by atoms with Gasteiger partial charge in [-0.15, -0.1) is 12.4 Å². The fourth-order valence-electron chi connectivity index (χ4n) is 2.81. The third kappa shape index (κ3) is 5.18. The Labute approximate surface area is 139 Å². The molecule has 1 amide bonds. The molecule has 1 saturated heterocycles. The van der Waals surface area contributed by atoms with Gasteiger partial charge in [-0.25, -0.2) is 0 Å². The molecule has 0 aliphatic carbocycles. The van der Waals surface area contributed by atoms with E-state index in [0.29, 0.717) is 19.1 Å². The number of aryl methyl sites for hydroxylation is 2. The highest BCUT2D eigenvalue weighted by Gasteiger charge is 2.22. The zero-order chi connectivity index (χ0) is 15.2. The third-order valence-electron chi connectivity index (χ3n) is 4.09. The smallest absolute Gasteiger partial charge is 0.226 e. The number of carbonyl (C=O) groups is 1. The molecule has 0 aromatic heterocycles. The normalized spacial score (nSPS) is 17.8. The quantitative estimate of drug-likeness (QED) is 0.904. The Morgan fingerprint density at radius 2 is 2.18 bits per heavy atom. The molecule has 1 heterocycles. The lowest BCUT2D eigenvalue weighted by molar-refractivity contribution is -0.133. The van der Waals surface area contributed by atoms with E-state index in [9.17, 15) is 4.79 Å². The van der Waals surface area contributed by atoms with E-state index in [1.807, 2.05) is 31.0 Å². The van der Waals surface area contributed by atoms with Gasteiger partial charge in [-0.1, -0.05) is 17.7 Å². The Morgan fingerprint density at radius 3 is 2.86 bits per heavy atom. The van der Waals surface area contributed by atoms with Crippen LogP contribution in [0.15, 0.2) is 18.2 Å². The zero-order valence-corrected chi connectivity index (χ0v) is 14.5. The van der Waals surface area contributed by atoms with Gasteiger partial charge in [0.15, 0.2) is 0 Å². The average Bonchev–Trinajstić information content (AvgIpc) is 2.49. The molecule has 124 valence electrons. The molecule has 0 radical (unpaired) electrons. The maximum atomic E-state index is 12.2. The summed E-state index contributed by atoms with van der Waals surface area (Å²) >= 11 is 0. The second-order valence-electron chi connectivity index (χ2n) is 5.83. The van der Waals surface area contributed by atoms with Gasteiger partial charge < -0.3 is 15.0 Å². The van der Waals surface area contributed by atoms with Gasteiger partial charge in [-0.3, -0.25) is 4.79 Å². The first-order chi connectivity index (χ1) is 10.1. The van der Waals surface area contributed by atoms with E-state index in [1.54, 1.807) is 0 Å². The van der Waals surface area contributed by atoms with Crippen molar-refractivity contribution in [1.29, 1.82) is 0 Å². The lowest BCUT2D eigenvalue weighted by Gasteiger charge is -2.32. The van der Waals surface area contributed by atoms with E-state index in [0.717, 1.165) is 37.2 Å². The van der Waals surface area contributed by atoms with Crippen LogP contribution in [0.1, 0.15) is 30.4 Å². The predicted octanol–water partition coefficient (Wildman–Crippen LogP) is 2.70. The highest BCUT2D eigenvalue weighted by molar-refractivity contribution is 5.85. The first-order valence-corrected chi connectivity index (χ1v) is 7.75. The summed E-state index contributed by atoms with van der Waals surface area (Å²) in [6.45, 7) is 6.24. The summed E-state index contributed by atoms with van der Waals surface area (Å²) in [5.74, 6) is 1.07. The van der Waals surface area contributed by atoms with Crippen LogP contribution in [-0.2, 0) is 4.79 Å². The molecule has 1 fully saturated rings. The van der Waals surface area contributed by atoms with E-state index in [4.69, 9.17) is 4.74 Å². The number of carbonyl (C=O) groups excluding carboxylic acids is 1. The van der Waals surface area contributed by atoms with E-state index in [-0.39, 0.29) is 18.3 Å². The minimum absolute atomic E-state index is 0. The molecule has 1 aromatic rings. The minimum atomic E-state index is 0. The van der Waals surface area contributed by atoms with E-state index in [1.165, 1.54) is 5.56 Å². The molecular weight excluding hydrogens is 300 g/mol. The molecule has 1 atom stereocenters. The Morgan fingerprint density at radius 1 is 1.41 bits per heavy atom. The van der Waals surface area contributed by atoms with E-state index < -0.39 is 0 Å². The minimum Gasteiger partial charge on any atom is -0.493 e. The molecule has 22 heavy (non-hydrogen) atoms. The van der Waals surface area contributed by atoms with Crippen molar-refractivity contribution < 1.29 is 9.53 Å². The van der Waals surface area contributed by atoms with Crippen molar-refractivity contribution in [2.75, 3.05) is 26.7 Å². The van der Waals surface area contributed by atoms with Crippen LogP contribution in [0, 0.1) is 13.8 Å². The largest absolute Gasteiger partial charge is 0.493 e. The number of benzene rings is 1. The Hall–Kier alpha value is -1.26. The summed E-state index contributed by atoms with van der Waals surface area (Å²) in [6.07, 6.45) is 2.68. The van der Waals surface area contributed by atoms with Gasteiger partial charge in [-0.2, -0.15) is 0 Å². The predicted molar refractivity (Wildman–Crippen MR) is 91.9 cm³/mol. The highest BCUT2D eigenvalue weighted by atomic mass is 35.5. The van der Waals surface area contributed by atoms with Crippen LogP contribution in [0.4, 0.5) is 0 Å². The summed E-state index contributed by atoms with van der Waals surface area (Å²) in [5, 5.41) is 3.26. The van der Waals surface area contributed by atoms with Crippen molar-refractivity contribution in [1.82, 2.24) is 10.2 Å². The molecule has 1 aromatic carbocycles. The summed E-state index contributed by atoms with van der Waals surface area (Å²) in [5.41, 5.74) is 2.35. The van der Waals surface area contributed by atoms with Crippen molar-refractivity contribution in [3.63, 3.8) is 0 Å². The number of likely N-dealkylation sites (N-methyl/N-ethyl adjacent to an activating group) is 1. The van der Waals surface area contributed by atoms with Crippen molar-refractivity contribution in [3.8, 4) is 5.75 Å². The SMILES string of the molecule is CNC1CCCN(C(=O)CCOc2ccc(C)cc2C)C1.Cl. The number of ether oxygens (including phenoxy) is 1. The van der Waals surface area contributed by atoms with Gasteiger partial charge >= 0.3 is 0 Å².